The van der Waals surface area contributed by atoms with Crippen LogP contribution in [-0.2, 0) is 0 Å². The standard InChI is InChI=1S/C106H136N6O2S6/c1-11-17-23-29-35-41-47-80(48-42-36-30-24-18-12-2)111-86-58-51-73(7)69-84(86)85-70-77(55-59-87(85)111)90-61-64-93(116-90)98-76(10)106(114-68-46-40-34-28-22-16-6)100(104-102(98)108-120-110-104)96-66-63-92(118-96)79-54-57-83-82-56-53-78(71-88(82)112(89(83)72-79)81(49-43-37-31-25-19-13-3)50-44-38-32-26-20-14-4)91-62-65-94(117-91)97-75(9)105(113-67-45-39-33-27-21-15-5)99(95-60-52-74(8)115-95)103-101(97)107-119-109-103/h51-66,69-72,80-81H,11-50,67-68H2,1-10H3. The molecule has 6 aromatic carbocycles. The van der Waals surface area contributed by atoms with Gasteiger partial charge in [0.25, 0.3) is 0 Å². The number of nitrogens with zero attached hydrogens (tertiary/aromatic N) is 6. The van der Waals surface area contributed by atoms with Crippen molar-refractivity contribution in [1.82, 2.24) is 26.6 Å². The molecule has 0 N–H and O–H groups in total. The highest BCUT2D eigenvalue weighted by atomic mass is 32.1. The van der Waals surface area contributed by atoms with Crippen LogP contribution in [0.15, 0.2) is 121 Å². The third-order valence-corrected chi connectivity index (χ3v) is 31.3. The van der Waals surface area contributed by atoms with Gasteiger partial charge in [0.15, 0.2) is 0 Å². The number of fused-ring (bicyclic) bond motifs is 8. The quantitative estimate of drug-likeness (QED) is 0.0354. The normalized spacial score (nSPS) is 12.1. The molecule has 0 unspecified atom stereocenters. The number of aryl methyl sites for hydroxylation is 2. The third kappa shape index (κ3) is 21.3. The van der Waals surface area contributed by atoms with Crippen molar-refractivity contribution < 1.29 is 9.47 Å². The molecular weight excluding hydrogens is 1580 g/mol. The molecular formula is C106H136N6O2S6. The number of hydrogen-bond donors (Lipinski definition) is 0. The Hall–Kier alpha value is -7.04. The minimum Gasteiger partial charge on any atom is -0.493 e. The van der Waals surface area contributed by atoms with Crippen LogP contribution >= 0.6 is 68.8 Å². The number of aromatic nitrogens is 6. The summed E-state index contributed by atoms with van der Waals surface area (Å²) in [6.45, 7) is 24.3. The van der Waals surface area contributed by atoms with Crippen molar-refractivity contribution >= 4 is 134 Å². The van der Waals surface area contributed by atoms with E-state index in [2.05, 4.69) is 200 Å². The predicted octanol–water partition coefficient (Wildman–Crippen LogP) is 36.6. The third-order valence-electron chi connectivity index (χ3n) is 25.8. The molecule has 0 saturated heterocycles. The van der Waals surface area contributed by atoms with Gasteiger partial charge in [0.05, 0.1) is 58.8 Å². The van der Waals surface area contributed by atoms with Gasteiger partial charge in [-0.1, -0.05) is 302 Å². The van der Waals surface area contributed by atoms with Crippen molar-refractivity contribution in [2.45, 2.75) is 338 Å². The Morgan fingerprint density at radius 1 is 0.275 bits per heavy atom. The zero-order valence-corrected chi connectivity index (χ0v) is 79.2. The Kier molecular flexibility index (Phi) is 33.5. The summed E-state index contributed by atoms with van der Waals surface area (Å²) in [5.74, 6) is 1.91. The molecule has 0 saturated carbocycles. The largest absolute Gasteiger partial charge is 0.493 e. The summed E-state index contributed by atoms with van der Waals surface area (Å²) >= 11 is 10.1. The molecule has 8 heterocycles. The Morgan fingerprint density at radius 2 is 0.583 bits per heavy atom. The predicted molar refractivity (Wildman–Crippen MR) is 531 cm³/mol. The van der Waals surface area contributed by atoms with Crippen LogP contribution in [-0.4, -0.2) is 39.8 Å². The minimum absolute atomic E-state index is 0.356. The summed E-state index contributed by atoms with van der Waals surface area (Å²) < 4.78 is 40.7. The molecule has 14 aromatic rings. The maximum absolute atomic E-state index is 7.31. The zero-order valence-electron chi connectivity index (χ0n) is 74.3. The molecule has 0 amide bonds. The van der Waals surface area contributed by atoms with Gasteiger partial charge in [-0.15, -0.1) is 45.3 Å². The average molecular weight is 1720 g/mol. The van der Waals surface area contributed by atoms with Crippen molar-refractivity contribution in [2.24, 2.45) is 0 Å². The van der Waals surface area contributed by atoms with E-state index in [0.29, 0.717) is 25.3 Å². The maximum atomic E-state index is 7.31. The van der Waals surface area contributed by atoms with Crippen LogP contribution in [0.25, 0.3) is 139 Å². The van der Waals surface area contributed by atoms with Gasteiger partial charge in [-0.05, 0) is 168 Å². The summed E-state index contributed by atoms with van der Waals surface area (Å²) in [5, 5.41) is 5.41. The smallest absolute Gasteiger partial charge is 0.133 e. The lowest BCUT2D eigenvalue weighted by Crippen LogP contribution is -2.09. The van der Waals surface area contributed by atoms with Crippen LogP contribution < -0.4 is 9.47 Å². The SMILES string of the molecule is CCCCCCCCOc1c(C)c(-c2ccc(-c3ccc4c5ccc(-c6ccc(-c7c(OCCCCCCCC)c(C)c(-c8ccc(-c9ccc%10c(c9)c9cc(C)ccc9n%10C(CCCCCCCC)CCCCCCCC)s8)c8nsnc78)s6)cc5n(C(CCCCCCCC)CCCCCCCC)c4c3)s2)c2nsnc2c1-c1ccc(C)s1. The topological polar surface area (TPSA) is 79.9 Å². The second-order valence-electron chi connectivity index (χ2n) is 35.0. The fraction of sp³-hybridized carbons (Fsp3) is 0.509. The molecule has 0 bridgehead atoms. The summed E-state index contributed by atoms with van der Waals surface area (Å²) in [6.07, 6.45) is 50.7. The van der Waals surface area contributed by atoms with Crippen molar-refractivity contribution in [2.75, 3.05) is 13.2 Å². The number of thiophene rings is 4. The molecule has 8 aromatic heterocycles. The monoisotopic (exact) mass is 1720 g/mol. The number of rotatable bonds is 53. The van der Waals surface area contributed by atoms with Gasteiger partial charge in [-0.25, -0.2) is 0 Å². The first-order valence-electron chi connectivity index (χ1n) is 47.4. The lowest BCUT2D eigenvalue weighted by Gasteiger charge is -2.22. The summed E-state index contributed by atoms with van der Waals surface area (Å²) in [5.41, 5.74) is 21.1. The lowest BCUT2D eigenvalue weighted by atomic mass is 9.98. The fourth-order valence-corrected chi connectivity index (χ4v) is 24.4. The van der Waals surface area contributed by atoms with Gasteiger partial charge < -0.3 is 18.6 Å². The van der Waals surface area contributed by atoms with E-state index < -0.39 is 0 Å². The van der Waals surface area contributed by atoms with E-state index in [1.807, 2.05) is 45.3 Å². The highest BCUT2D eigenvalue weighted by Crippen LogP contribution is 2.54. The maximum Gasteiger partial charge on any atom is 0.133 e. The van der Waals surface area contributed by atoms with Crippen LogP contribution in [0.5, 0.6) is 11.5 Å². The van der Waals surface area contributed by atoms with Crippen molar-refractivity contribution in [3.8, 4) is 84.6 Å². The second-order valence-corrected chi connectivity index (χ2v) is 40.6. The highest BCUT2D eigenvalue weighted by molar-refractivity contribution is 7.20. The summed E-state index contributed by atoms with van der Waals surface area (Å²) in [7, 11) is 0. The molecule has 0 aliphatic heterocycles. The average Bonchev–Trinajstić information content (AvgIpc) is 1.56. The number of hydrogen-bond acceptors (Lipinski definition) is 12. The molecule has 14 rings (SSSR count). The molecule has 8 nitrogen and oxygen atoms in total. The Bertz CT molecular complexity index is 5540. The van der Waals surface area contributed by atoms with Crippen molar-refractivity contribution in [3.05, 3.63) is 143 Å². The first kappa shape index (κ1) is 89.2. The van der Waals surface area contributed by atoms with E-state index in [-0.39, 0.29) is 0 Å². The first-order chi connectivity index (χ1) is 59.0. The summed E-state index contributed by atoms with van der Waals surface area (Å²) in [4.78, 5) is 9.83. The molecule has 14 heteroatoms. The molecule has 120 heavy (non-hydrogen) atoms. The van der Waals surface area contributed by atoms with E-state index >= 15 is 0 Å². The highest BCUT2D eigenvalue weighted by Gasteiger charge is 2.30. The Labute approximate surface area is 743 Å². The number of unbranched alkanes of at least 4 members (excludes halogenated alkanes) is 30. The van der Waals surface area contributed by atoms with Gasteiger partial charge >= 0.3 is 0 Å². The van der Waals surface area contributed by atoms with E-state index in [4.69, 9.17) is 27.0 Å². The molecule has 0 atom stereocenters. The van der Waals surface area contributed by atoms with Crippen LogP contribution in [0, 0.1) is 27.7 Å². The Balaban J connectivity index is 0.824. The van der Waals surface area contributed by atoms with Gasteiger partial charge in [0.1, 0.15) is 33.6 Å². The second kappa shape index (κ2) is 45.0. The van der Waals surface area contributed by atoms with Crippen LogP contribution in [0.4, 0.5) is 0 Å². The van der Waals surface area contributed by atoms with Gasteiger partial charge in [0, 0.05) is 106 Å². The first-order valence-corrected chi connectivity index (χ1v) is 52.1. The fourth-order valence-electron chi connectivity index (χ4n) is 19.1. The van der Waals surface area contributed by atoms with Crippen molar-refractivity contribution in [3.63, 3.8) is 0 Å². The minimum atomic E-state index is 0.356. The van der Waals surface area contributed by atoms with E-state index in [0.717, 1.165) is 86.2 Å². The van der Waals surface area contributed by atoms with E-state index in [9.17, 15) is 0 Å². The van der Waals surface area contributed by atoms with E-state index in [1.165, 1.54) is 366 Å². The molecule has 0 spiro atoms. The van der Waals surface area contributed by atoms with Crippen LogP contribution in [0.3, 0.4) is 0 Å². The number of benzene rings is 6. The van der Waals surface area contributed by atoms with Gasteiger partial charge in [-0.3, -0.25) is 0 Å². The molecule has 0 aliphatic carbocycles. The van der Waals surface area contributed by atoms with Gasteiger partial charge in [0.2, 0.25) is 0 Å². The summed E-state index contributed by atoms with van der Waals surface area (Å²) in [6, 6.07) is 48.9. The molecule has 0 radical (unpaired) electrons. The zero-order chi connectivity index (χ0) is 83.1. The lowest BCUT2D eigenvalue weighted by molar-refractivity contribution is 0.304. The van der Waals surface area contributed by atoms with Gasteiger partial charge in [-0.2, -0.15) is 17.5 Å². The molecule has 0 aliphatic rings. The van der Waals surface area contributed by atoms with E-state index in [1.54, 1.807) is 0 Å². The van der Waals surface area contributed by atoms with Crippen LogP contribution in [0.2, 0.25) is 0 Å². The molecule has 638 valence electrons. The van der Waals surface area contributed by atoms with Crippen molar-refractivity contribution in [1.29, 1.82) is 0 Å². The Morgan fingerprint density at radius 3 is 0.975 bits per heavy atom. The van der Waals surface area contributed by atoms with Crippen LogP contribution in [0.1, 0.15) is 332 Å². The molecule has 0 fully saturated rings. The number of ether oxygens (including phenoxy) is 2.